The Kier molecular flexibility index (Phi) is 11.4. The number of carboxylic acids is 1. The van der Waals surface area contributed by atoms with Gasteiger partial charge >= 0.3 is 5.97 Å². The van der Waals surface area contributed by atoms with Crippen molar-refractivity contribution in [2.45, 2.75) is 60.5 Å². The molecule has 3 aromatic rings. The molecule has 1 aromatic carbocycles. The predicted molar refractivity (Wildman–Crippen MR) is 182 cm³/mol. The Bertz CT molecular complexity index is 1450. The number of nitrogens with zero attached hydrogens (tertiary/aromatic N) is 5. The maximum absolute atomic E-state index is 11.1. The first-order valence-electron chi connectivity index (χ1n) is 15.1. The Hall–Kier alpha value is -3.06. The zero-order valence-corrected chi connectivity index (χ0v) is 28.5. The number of aromatic nitrogens is 3. The molecule has 12 heteroatoms. The summed E-state index contributed by atoms with van der Waals surface area (Å²) in [5, 5.41) is 20.0. The number of hydrogen-bond donors (Lipinski definition) is 3. The summed E-state index contributed by atoms with van der Waals surface area (Å²) in [6.45, 7) is 17.3. The highest BCUT2D eigenvalue weighted by molar-refractivity contribution is 8.22. The Balaban J connectivity index is 1.72. The predicted octanol–water partition coefficient (Wildman–Crippen LogP) is 5.06. The van der Waals surface area contributed by atoms with E-state index in [2.05, 4.69) is 77.6 Å². The lowest BCUT2D eigenvalue weighted by Gasteiger charge is -2.48. The largest absolute Gasteiger partial charge is 0.481 e. The van der Waals surface area contributed by atoms with Crippen LogP contribution >= 0.6 is 24.0 Å². The van der Waals surface area contributed by atoms with Gasteiger partial charge in [0.15, 0.2) is 5.82 Å². The van der Waals surface area contributed by atoms with Gasteiger partial charge in [-0.05, 0) is 44.9 Å². The number of nitrogens with one attached hydrogen (secondary N) is 2. The van der Waals surface area contributed by atoms with Crippen LogP contribution in [-0.2, 0) is 11.3 Å². The highest BCUT2D eigenvalue weighted by Crippen LogP contribution is 2.37. The highest BCUT2D eigenvalue weighted by Gasteiger charge is 2.38. The second kappa shape index (κ2) is 14.8. The van der Waals surface area contributed by atoms with Crippen molar-refractivity contribution >= 4 is 40.1 Å². The molecule has 0 radical (unpaired) electrons. The van der Waals surface area contributed by atoms with Crippen molar-refractivity contribution in [1.29, 1.82) is 0 Å². The van der Waals surface area contributed by atoms with Crippen molar-refractivity contribution in [3.8, 4) is 22.6 Å². The van der Waals surface area contributed by atoms with E-state index in [-0.39, 0.29) is 17.9 Å². The molecule has 3 heterocycles. The van der Waals surface area contributed by atoms with Crippen LogP contribution in [0.1, 0.15) is 49.8 Å². The molecule has 0 amide bonds. The molecule has 44 heavy (non-hydrogen) atoms. The number of likely N-dealkylation sites (N-methyl/N-ethyl adjacent to an activating group) is 1. The minimum atomic E-state index is -0.808. The first-order valence-corrected chi connectivity index (χ1v) is 16.5. The van der Waals surface area contributed by atoms with E-state index in [1.165, 1.54) is 17.3 Å². The van der Waals surface area contributed by atoms with Crippen LogP contribution in [0.25, 0.3) is 22.6 Å². The standard InChI is InChI=1S/C32H45N7O3S2/c1-20-28(27-21(2)37-42-22(27)3)35-29(24-10-8-9-23(17-24)18-34-13-12-33-7)36-30(20)38-14-15-39(25(19-38)32(4,5)6)31(43)44-16-11-26(40)41/h8-10,17,25,33-34H,11-16,18-19H2,1-7H3,(H,40,41). The molecule has 1 unspecified atom stereocenters. The summed E-state index contributed by atoms with van der Waals surface area (Å²) in [7, 11) is 1.95. The summed E-state index contributed by atoms with van der Waals surface area (Å²) < 4.78 is 6.32. The molecular formula is C32H45N7O3S2. The van der Waals surface area contributed by atoms with Gasteiger partial charge in [-0.25, -0.2) is 9.97 Å². The van der Waals surface area contributed by atoms with Gasteiger partial charge in [0.25, 0.3) is 0 Å². The van der Waals surface area contributed by atoms with Crippen LogP contribution in [0.3, 0.4) is 0 Å². The third kappa shape index (κ3) is 8.15. The van der Waals surface area contributed by atoms with Gasteiger partial charge in [0.05, 0.1) is 29.4 Å². The Morgan fingerprint density at radius 1 is 1.18 bits per heavy atom. The topological polar surface area (TPSA) is 120 Å². The number of carbonyl (C=O) groups is 1. The van der Waals surface area contributed by atoms with Gasteiger partial charge in [0.1, 0.15) is 15.9 Å². The summed E-state index contributed by atoms with van der Waals surface area (Å²) >= 11 is 7.27. The van der Waals surface area contributed by atoms with E-state index in [9.17, 15) is 4.79 Å². The quantitative estimate of drug-likeness (QED) is 0.192. The van der Waals surface area contributed by atoms with E-state index in [4.69, 9.17) is 31.8 Å². The molecule has 1 aliphatic rings. The number of piperazine rings is 1. The van der Waals surface area contributed by atoms with Crippen LogP contribution in [0, 0.1) is 26.2 Å². The number of thiocarbonyl (C=S) groups is 1. The SMILES string of the molecule is CNCCNCc1cccc(-c2nc(-c3c(C)noc3C)c(C)c(N3CCN(C(=S)SCCC(=O)O)C(C(C)(C)C)C3)n2)c1. The summed E-state index contributed by atoms with van der Waals surface area (Å²) in [4.78, 5) is 26.0. The highest BCUT2D eigenvalue weighted by atomic mass is 32.2. The van der Waals surface area contributed by atoms with E-state index in [0.29, 0.717) is 18.1 Å². The monoisotopic (exact) mass is 639 g/mol. The van der Waals surface area contributed by atoms with Gasteiger partial charge in [-0.2, -0.15) is 0 Å². The van der Waals surface area contributed by atoms with Gasteiger partial charge in [-0.1, -0.05) is 68.1 Å². The van der Waals surface area contributed by atoms with E-state index in [1.54, 1.807) is 0 Å². The maximum Gasteiger partial charge on any atom is 0.304 e. The number of thioether (sulfide) groups is 1. The van der Waals surface area contributed by atoms with Crippen molar-refractivity contribution in [2.24, 2.45) is 5.41 Å². The minimum Gasteiger partial charge on any atom is -0.481 e. The Morgan fingerprint density at radius 2 is 1.95 bits per heavy atom. The first-order chi connectivity index (χ1) is 20.9. The van der Waals surface area contributed by atoms with Crippen molar-refractivity contribution in [3.63, 3.8) is 0 Å². The lowest BCUT2D eigenvalue weighted by molar-refractivity contribution is -0.136. The Morgan fingerprint density at radius 3 is 2.61 bits per heavy atom. The molecule has 4 rings (SSSR count). The fourth-order valence-corrected chi connectivity index (χ4v) is 6.82. The van der Waals surface area contributed by atoms with E-state index >= 15 is 0 Å². The average molecular weight is 640 g/mol. The lowest BCUT2D eigenvalue weighted by atomic mass is 9.84. The van der Waals surface area contributed by atoms with Gasteiger partial charge in [0, 0.05) is 56.1 Å². The molecule has 3 N–H and O–H groups in total. The molecule has 1 fully saturated rings. The average Bonchev–Trinajstić information content (AvgIpc) is 3.31. The molecule has 1 aliphatic heterocycles. The molecule has 10 nitrogen and oxygen atoms in total. The number of carboxylic acid groups (broad SMARTS) is 1. The molecule has 0 bridgehead atoms. The summed E-state index contributed by atoms with van der Waals surface area (Å²) in [6, 6.07) is 8.49. The van der Waals surface area contributed by atoms with Crippen LogP contribution in [0.4, 0.5) is 5.82 Å². The Labute approximate surface area is 270 Å². The summed E-state index contributed by atoms with van der Waals surface area (Å²) in [5.74, 6) is 1.93. The van der Waals surface area contributed by atoms with Crippen LogP contribution in [0.5, 0.6) is 0 Å². The number of anilines is 1. The van der Waals surface area contributed by atoms with Crippen molar-refractivity contribution in [2.75, 3.05) is 50.4 Å². The van der Waals surface area contributed by atoms with Crippen LogP contribution in [-0.4, -0.2) is 87.0 Å². The van der Waals surface area contributed by atoms with Gasteiger partial charge in [-0.15, -0.1) is 0 Å². The fourth-order valence-electron chi connectivity index (χ4n) is 5.52. The van der Waals surface area contributed by atoms with Gasteiger partial charge in [-0.3, -0.25) is 4.79 Å². The molecule has 1 atom stereocenters. The van der Waals surface area contributed by atoms with E-state index in [1.807, 2.05) is 20.9 Å². The van der Waals surface area contributed by atoms with Crippen molar-refractivity contribution < 1.29 is 14.4 Å². The third-order valence-corrected chi connectivity index (χ3v) is 9.39. The molecular weight excluding hydrogens is 595 g/mol. The number of benzene rings is 1. The molecule has 2 aromatic heterocycles. The van der Waals surface area contributed by atoms with Gasteiger partial charge < -0.3 is 30.1 Å². The second-order valence-corrected chi connectivity index (χ2v) is 14.0. The number of hydrogen-bond acceptors (Lipinski definition) is 10. The lowest BCUT2D eigenvalue weighted by Crippen LogP contribution is -2.59. The van der Waals surface area contributed by atoms with Crippen LogP contribution in [0.2, 0.25) is 0 Å². The van der Waals surface area contributed by atoms with E-state index in [0.717, 1.165) is 76.7 Å². The van der Waals surface area contributed by atoms with Crippen LogP contribution < -0.4 is 15.5 Å². The minimum absolute atomic E-state index is 0.0844. The second-order valence-electron chi connectivity index (χ2n) is 12.3. The number of rotatable bonds is 11. The number of aliphatic carboxylic acids is 1. The maximum atomic E-state index is 11.1. The zero-order chi connectivity index (χ0) is 32.0. The molecule has 1 saturated heterocycles. The third-order valence-electron chi connectivity index (χ3n) is 7.91. The van der Waals surface area contributed by atoms with Crippen molar-refractivity contribution in [1.82, 2.24) is 30.7 Å². The summed E-state index contributed by atoms with van der Waals surface area (Å²) in [6.07, 6.45) is 0.0888. The normalized spacial score (nSPS) is 15.6. The molecule has 0 spiro atoms. The first kappa shape index (κ1) is 33.8. The van der Waals surface area contributed by atoms with Crippen LogP contribution in [0.15, 0.2) is 28.8 Å². The smallest absolute Gasteiger partial charge is 0.304 e. The molecule has 0 aliphatic carbocycles. The van der Waals surface area contributed by atoms with Crippen molar-refractivity contribution in [3.05, 3.63) is 46.8 Å². The fraction of sp³-hybridized carbons (Fsp3) is 0.531. The molecule has 238 valence electrons. The summed E-state index contributed by atoms with van der Waals surface area (Å²) in [5.41, 5.74) is 5.54. The number of aryl methyl sites for hydroxylation is 2. The molecule has 0 saturated carbocycles. The van der Waals surface area contributed by atoms with E-state index < -0.39 is 5.97 Å². The van der Waals surface area contributed by atoms with Gasteiger partial charge in [0.2, 0.25) is 0 Å². The zero-order valence-electron chi connectivity index (χ0n) is 26.9.